The molecule has 1 aromatic heterocycles. The van der Waals surface area contributed by atoms with E-state index in [0.29, 0.717) is 10.7 Å². The van der Waals surface area contributed by atoms with Crippen LogP contribution in [-0.2, 0) is 4.79 Å². The van der Waals surface area contributed by atoms with Crippen molar-refractivity contribution in [3.8, 4) is 10.4 Å². The van der Waals surface area contributed by atoms with Gasteiger partial charge in [0.1, 0.15) is 12.8 Å². The van der Waals surface area contributed by atoms with Gasteiger partial charge in [0.2, 0.25) is 0 Å². The predicted octanol–water partition coefficient (Wildman–Crippen LogP) is 2.68. The Morgan fingerprint density at radius 3 is 2.52 bits per heavy atom. The number of benzene rings is 1. The number of amides is 1. The second-order valence-electron chi connectivity index (χ2n) is 4.70. The van der Waals surface area contributed by atoms with Gasteiger partial charge in [0.25, 0.3) is 5.91 Å². The maximum absolute atomic E-state index is 13.1. The zero-order valence-electron chi connectivity index (χ0n) is 11.7. The summed E-state index contributed by atoms with van der Waals surface area (Å²) in [6.45, 7) is -0.958. The van der Waals surface area contributed by atoms with E-state index in [1.807, 2.05) is 0 Å². The number of nitrogens with zero attached hydrogens (tertiary/aromatic N) is 1. The SMILES string of the molecule is Nc1ncc(-c2ccc(C(O)C(CF)NC(=O)C(Cl)Cl)cc2)s1. The molecule has 0 spiro atoms. The standard InChI is InChI=1S/C14H14Cl2FN3O2S/c15-12(16)13(22)20-9(5-17)11(21)8-3-1-7(2-4-8)10-6-19-14(18)23-10/h1-4,6,9,11-12,21H,5H2,(H2,18,19)(H,20,22). The Morgan fingerprint density at radius 2 is 2.04 bits per heavy atom. The summed E-state index contributed by atoms with van der Waals surface area (Å²) in [5, 5.41) is 12.9. The van der Waals surface area contributed by atoms with E-state index in [9.17, 15) is 14.3 Å². The fourth-order valence-electron chi connectivity index (χ4n) is 1.95. The lowest BCUT2D eigenvalue weighted by Gasteiger charge is -2.22. The highest BCUT2D eigenvalue weighted by molar-refractivity contribution is 7.18. The summed E-state index contributed by atoms with van der Waals surface area (Å²) in [6.07, 6.45) is 0.425. The van der Waals surface area contributed by atoms with E-state index in [2.05, 4.69) is 10.3 Å². The van der Waals surface area contributed by atoms with E-state index in [-0.39, 0.29) is 0 Å². The number of nitrogens with two attached hydrogens (primary N) is 1. The minimum Gasteiger partial charge on any atom is -0.386 e. The maximum atomic E-state index is 13.1. The molecule has 0 saturated carbocycles. The number of alkyl halides is 3. The molecule has 0 aliphatic rings. The molecule has 1 heterocycles. The van der Waals surface area contributed by atoms with Crippen molar-refractivity contribution < 1.29 is 14.3 Å². The van der Waals surface area contributed by atoms with Crippen molar-refractivity contribution in [2.75, 3.05) is 12.4 Å². The van der Waals surface area contributed by atoms with E-state index in [1.165, 1.54) is 11.3 Å². The summed E-state index contributed by atoms with van der Waals surface area (Å²) in [6, 6.07) is 5.67. The average Bonchev–Trinajstić information content (AvgIpc) is 2.98. The molecular weight excluding hydrogens is 364 g/mol. The third-order valence-electron chi connectivity index (χ3n) is 3.13. The molecule has 0 aliphatic heterocycles. The number of carbonyl (C=O) groups excluding carboxylic acids is 1. The Bertz CT molecular complexity index is 666. The van der Waals surface area contributed by atoms with Gasteiger partial charge in [0.15, 0.2) is 9.97 Å². The second kappa shape index (κ2) is 7.92. The molecule has 0 fully saturated rings. The zero-order chi connectivity index (χ0) is 17.0. The molecule has 2 unspecified atom stereocenters. The first-order valence-electron chi connectivity index (χ1n) is 6.56. The number of aliphatic hydroxyl groups is 1. The van der Waals surface area contributed by atoms with Crippen molar-refractivity contribution in [3.63, 3.8) is 0 Å². The van der Waals surface area contributed by atoms with Crippen LogP contribution in [0, 0.1) is 0 Å². The molecule has 0 bridgehead atoms. The van der Waals surface area contributed by atoms with Gasteiger partial charge in [-0.1, -0.05) is 58.8 Å². The van der Waals surface area contributed by atoms with Crippen molar-refractivity contribution in [2.45, 2.75) is 17.0 Å². The van der Waals surface area contributed by atoms with Gasteiger partial charge in [-0.2, -0.15) is 0 Å². The number of nitrogens with one attached hydrogen (secondary N) is 1. The van der Waals surface area contributed by atoms with Crippen LogP contribution in [-0.4, -0.2) is 33.6 Å². The lowest BCUT2D eigenvalue weighted by Crippen LogP contribution is -2.43. The summed E-state index contributed by atoms with van der Waals surface area (Å²) in [4.78, 5) is 14.9. The molecule has 23 heavy (non-hydrogen) atoms. The average molecular weight is 378 g/mol. The van der Waals surface area contributed by atoms with Crippen LogP contribution in [0.1, 0.15) is 11.7 Å². The van der Waals surface area contributed by atoms with Crippen LogP contribution >= 0.6 is 34.5 Å². The lowest BCUT2D eigenvalue weighted by molar-refractivity contribution is -0.121. The minimum atomic E-state index is -1.32. The van der Waals surface area contributed by atoms with E-state index in [1.54, 1.807) is 30.5 Å². The molecule has 2 aromatic rings. The number of anilines is 1. The topological polar surface area (TPSA) is 88.2 Å². The van der Waals surface area contributed by atoms with Gasteiger partial charge in [-0.25, -0.2) is 9.37 Å². The molecule has 0 aliphatic carbocycles. The van der Waals surface area contributed by atoms with E-state index < -0.39 is 29.6 Å². The first-order valence-corrected chi connectivity index (χ1v) is 8.25. The van der Waals surface area contributed by atoms with Gasteiger partial charge in [0.05, 0.1) is 10.9 Å². The van der Waals surface area contributed by atoms with Gasteiger partial charge >= 0.3 is 0 Å². The molecule has 1 amide bonds. The predicted molar refractivity (Wildman–Crippen MR) is 90.3 cm³/mol. The van der Waals surface area contributed by atoms with E-state index in [4.69, 9.17) is 28.9 Å². The Morgan fingerprint density at radius 1 is 1.39 bits per heavy atom. The van der Waals surface area contributed by atoms with Gasteiger partial charge in [-0.3, -0.25) is 4.79 Å². The molecule has 124 valence electrons. The highest BCUT2D eigenvalue weighted by Crippen LogP contribution is 2.29. The van der Waals surface area contributed by atoms with Crippen LogP contribution < -0.4 is 11.1 Å². The molecule has 5 nitrogen and oxygen atoms in total. The highest BCUT2D eigenvalue weighted by atomic mass is 35.5. The lowest BCUT2D eigenvalue weighted by atomic mass is 10.0. The maximum Gasteiger partial charge on any atom is 0.253 e. The van der Waals surface area contributed by atoms with Crippen molar-refractivity contribution >= 4 is 45.6 Å². The Labute approximate surface area is 146 Å². The van der Waals surface area contributed by atoms with Gasteiger partial charge in [0, 0.05) is 6.20 Å². The number of carbonyl (C=O) groups is 1. The fourth-order valence-corrected chi connectivity index (χ4v) is 2.76. The smallest absolute Gasteiger partial charge is 0.253 e. The van der Waals surface area contributed by atoms with Crippen LogP contribution in [0.15, 0.2) is 30.5 Å². The Hall–Kier alpha value is -1.41. The minimum absolute atomic E-state index is 0.454. The third-order valence-corrected chi connectivity index (χ3v) is 4.41. The number of rotatable bonds is 6. The third kappa shape index (κ3) is 4.54. The van der Waals surface area contributed by atoms with Crippen molar-refractivity contribution in [1.29, 1.82) is 0 Å². The van der Waals surface area contributed by atoms with Crippen LogP contribution in [0.5, 0.6) is 0 Å². The number of hydrogen-bond acceptors (Lipinski definition) is 5. The number of aliphatic hydroxyl groups excluding tert-OH is 1. The fraction of sp³-hybridized carbons (Fsp3) is 0.286. The second-order valence-corrected chi connectivity index (χ2v) is 6.86. The van der Waals surface area contributed by atoms with Gasteiger partial charge < -0.3 is 16.2 Å². The normalized spacial score (nSPS) is 13.8. The molecule has 2 rings (SSSR count). The molecule has 0 saturated heterocycles. The van der Waals surface area contributed by atoms with Crippen LogP contribution in [0.3, 0.4) is 0 Å². The van der Waals surface area contributed by atoms with E-state index in [0.717, 1.165) is 10.4 Å². The molecular formula is C14H14Cl2FN3O2S. The highest BCUT2D eigenvalue weighted by Gasteiger charge is 2.25. The van der Waals surface area contributed by atoms with Gasteiger partial charge in [-0.15, -0.1) is 0 Å². The van der Waals surface area contributed by atoms with Crippen LogP contribution in [0.25, 0.3) is 10.4 Å². The Kier molecular flexibility index (Phi) is 6.17. The summed E-state index contributed by atoms with van der Waals surface area (Å²) >= 11 is 12.1. The summed E-state index contributed by atoms with van der Waals surface area (Å²) < 4.78 is 13.1. The number of thiazole rings is 1. The molecule has 1 aromatic carbocycles. The monoisotopic (exact) mass is 377 g/mol. The quantitative estimate of drug-likeness (QED) is 0.675. The van der Waals surface area contributed by atoms with Crippen molar-refractivity contribution in [1.82, 2.24) is 10.3 Å². The van der Waals surface area contributed by atoms with Crippen LogP contribution in [0.4, 0.5) is 9.52 Å². The molecule has 2 atom stereocenters. The number of aromatic nitrogens is 1. The summed E-state index contributed by atoms with van der Waals surface area (Å²) in [5.41, 5.74) is 6.91. The number of nitrogen functional groups attached to an aromatic ring is 1. The number of hydrogen-bond donors (Lipinski definition) is 3. The summed E-state index contributed by atoms with van der Waals surface area (Å²) in [7, 11) is 0. The molecule has 0 radical (unpaired) electrons. The summed E-state index contributed by atoms with van der Waals surface area (Å²) in [5.74, 6) is -0.758. The number of halogens is 3. The van der Waals surface area contributed by atoms with Crippen molar-refractivity contribution in [2.24, 2.45) is 0 Å². The first kappa shape index (κ1) is 17.9. The Balaban J connectivity index is 2.12. The van der Waals surface area contributed by atoms with E-state index >= 15 is 0 Å². The first-order chi connectivity index (χ1) is 10.9. The zero-order valence-corrected chi connectivity index (χ0v) is 14.1. The largest absolute Gasteiger partial charge is 0.386 e. The van der Waals surface area contributed by atoms with Crippen molar-refractivity contribution in [3.05, 3.63) is 36.0 Å². The van der Waals surface area contributed by atoms with Gasteiger partial charge in [-0.05, 0) is 11.1 Å². The van der Waals surface area contributed by atoms with Crippen LogP contribution in [0.2, 0.25) is 0 Å². The molecule has 9 heteroatoms. The molecule has 4 N–H and O–H groups in total.